The van der Waals surface area contributed by atoms with Crippen molar-refractivity contribution in [2.45, 2.75) is 12.8 Å². The van der Waals surface area contributed by atoms with E-state index in [1.165, 1.54) is 12.7 Å². The molecule has 0 atom stereocenters. The van der Waals surface area contributed by atoms with Crippen LogP contribution in [0.15, 0.2) is 18.2 Å². The molecule has 1 aromatic carbocycles. The number of aryl methyl sites for hydroxylation is 1. The summed E-state index contributed by atoms with van der Waals surface area (Å²) in [6.45, 7) is 0.522. The SMILES string of the molecule is COc1cc2c(cc1F)CCC2=CCN. The van der Waals surface area contributed by atoms with Crippen molar-refractivity contribution in [1.29, 1.82) is 0 Å². The molecule has 0 saturated carbocycles. The van der Waals surface area contributed by atoms with Gasteiger partial charge in [-0.05, 0) is 41.7 Å². The first-order valence-electron chi connectivity index (χ1n) is 5.02. The minimum Gasteiger partial charge on any atom is -0.494 e. The van der Waals surface area contributed by atoms with Gasteiger partial charge < -0.3 is 10.5 Å². The van der Waals surface area contributed by atoms with Crippen LogP contribution in [0.4, 0.5) is 4.39 Å². The van der Waals surface area contributed by atoms with Crippen LogP contribution in [-0.4, -0.2) is 13.7 Å². The Morgan fingerprint density at radius 2 is 2.27 bits per heavy atom. The molecule has 2 rings (SSSR count). The Bertz CT molecular complexity index is 412. The Kier molecular flexibility index (Phi) is 2.73. The second-order valence-corrected chi connectivity index (χ2v) is 3.61. The molecule has 3 heteroatoms. The zero-order chi connectivity index (χ0) is 10.8. The summed E-state index contributed by atoms with van der Waals surface area (Å²) in [4.78, 5) is 0. The number of hydrogen-bond donors (Lipinski definition) is 1. The van der Waals surface area contributed by atoms with E-state index >= 15 is 0 Å². The van der Waals surface area contributed by atoms with Crippen molar-refractivity contribution in [3.05, 3.63) is 35.2 Å². The number of rotatable bonds is 2. The van der Waals surface area contributed by atoms with Gasteiger partial charge in [-0.15, -0.1) is 0 Å². The number of fused-ring (bicyclic) bond motifs is 1. The van der Waals surface area contributed by atoms with Gasteiger partial charge in [0.2, 0.25) is 0 Å². The number of benzene rings is 1. The summed E-state index contributed by atoms with van der Waals surface area (Å²) in [6, 6.07) is 3.32. The molecule has 2 nitrogen and oxygen atoms in total. The van der Waals surface area contributed by atoms with Gasteiger partial charge in [-0.3, -0.25) is 0 Å². The molecule has 1 aliphatic rings. The number of nitrogens with two attached hydrogens (primary N) is 1. The predicted molar refractivity (Wildman–Crippen MR) is 58.3 cm³/mol. The Morgan fingerprint density at radius 1 is 1.47 bits per heavy atom. The van der Waals surface area contributed by atoms with Crippen LogP contribution < -0.4 is 10.5 Å². The van der Waals surface area contributed by atoms with Crippen molar-refractivity contribution < 1.29 is 9.13 Å². The Hall–Kier alpha value is -1.35. The molecule has 1 aromatic rings. The maximum atomic E-state index is 13.4. The monoisotopic (exact) mass is 207 g/mol. The molecule has 0 saturated heterocycles. The first-order chi connectivity index (χ1) is 7.26. The maximum Gasteiger partial charge on any atom is 0.165 e. The molecule has 0 spiro atoms. The van der Waals surface area contributed by atoms with Gasteiger partial charge in [0.05, 0.1) is 7.11 Å². The molecule has 0 amide bonds. The van der Waals surface area contributed by atoms with E-state index in [0.29, 0.717) is 12.3 Å². The summed E-state index contributed by atoms with van der Waals surface area (Å²) in [7, 11) is 1.48. The number of ether oxygens (including phenoxy) is 1. The van der Waals surface area contributed by atoms with E-state index in [9.17, 15) is 4.39 Å². The average Bonchev–Trinajstić information content (AvgIpc) is 2.60. The fourth-order valence-corrected chi connectivity index (χ4v) is 2.02. The van der Waals surface area contributed by atoms with Crippen LogP contribution in [-0.2, 0) is 6.42 Å². The summed E-state index contributed by atoms with van der Waals surface area (Å²) in [5.41, 5.74) is 8.82. The Labute approximate surface area is 88.5 Å². The third-order valence-electron chi connectivity index (χ3n) is 2.75. The van der Waals surface area contributed by atoms with Gasteiger partial charge in [0.15, 0.2) is 11.6 Å². The summed E-state index contributed by atoms with van der Waals surface area (Å²) in [5.74, 6) is 0.0174. The zero-order valence-electron chi connectivity index (χ0n) is 8.72. The van der Waals surface area contributed by atoms with Gasteiger partial charge in [0, 0.05) is 6.54 Å². The Morgan fingerprint density at radius 3 is 2.93 bits per heavy atom. The highest BCUT2D eigenvalue weighted by molar-refractivity contribution is 5.73. The molecule has 1 aliphatic carbocycles. The van der Waals surface area contributed by atoms with Gasteiger partial charge in [-0.25, -0.2) is 4.39 Å². The van der Waals surface area contributed by atoms with Gasteiger partial charge in [0.1, 0.15) is 0 Å². The van der Waals surface area contributed by atoms with Gasteiger partial charge in [-0.2, -0.15) is 0 Å². The molecule has 0 unspecified atom stereocenters. The molecule has 0 fully saturated rings. The molecular formula is C12H14FNO. The molecule has 0 aromatic heterocycles. The molecule has 0 radical (unpaired) electrons. The summed E-state index contributed by atoms with van der Waals surface area (Å²) < 4.78 is 18.4. The lowest BCUT2D eigenvalue weighted by Crippen LogP contribution is -1.95. The molecule has 15 heavy (non-hydrogen) atoms. The van der Waals surface area contributed by atoms with Gasteiger partial charge in [0.25, 0.3) is 0 Å². The molecule has 0 bridgehead atoms. The van der Waals surface area contributed by atoms with Crippen LogP contribution in [0.3, 0.4) is 0 Å². The van der Waals surface area contributed by atoms with E-state index in [-0.39, 0.29) is 5.82 Å². The first-order valence-corrected chi connectivity index (χ1v) is 5.02. The lowest BCUT2D eigenvalue weighted by molar-refractivity contribution is 0.386. The van der Waals surface area contributed by atoms with Crippen LogP contribution in [0, 0.1) is 5.82 Å². The molecule has 0 heterocycles. The third kappa shape index (κ3) is 1.75. The van der Waals surface area contributed by atoms with Crippen molar-refractivity contribution in [1.82, 2.24) is 0 Å². The van der Waals surface area contributed by atoms with Crippen LogP contribution in [0.5, 0.6) is 5.75 Å². The number of allylic oxidation sites excluding steroid dienone is 1. The van der Waals surface area contributed by atoms with Gasteiger partial charge >= 0.3 is 0 Å². The fraction of sp³-hybridized carbons (Fsp3) is 0.333. The van der Waals surface area contributed by atoms with Crippen molar-refractivity contribution in [3.63, 3.8) is 0 Å². The van der Waals surface area contributed by atoms with E-state index < -0.39 is 0 Å². The molecular weight excluding hydrogens is 193 g/mol. The van der Waals surface area contributed by atoms with E-state index in [4.69, 9.17) is 10.5 Å². The van der Waals surface area contributed by atoms with Crippen LogP contribution in [0.2, 0.25) is 0 Å². The fourth-order valence-electron chi connectivity index (χ4n) is 2.02. The van der Waals surface area contributed by atoms with Crippen molar-refractivity contribution in [3.8, 4) is 5.75 Å². The number of methoxy groups -OCH3 is 1. The standard InChI is InChI=1S/C12H14FNO/c1-15-12-7-10-8(4-5-14)2-3-9(10)6-11(12)13/h4,6-7H,2-3,5,14H2,1H3. The number of hydrogen-bond acceptors (Lipinski definition) is 2. The molecule has 2 N–H and O–H groups in total. The lowest BCUT2D eigenvalue weighted by atomic mass is 10.1. The second kappa shape index (κ2) is 4.03. The quantitative estimate of drug-likeness (QED) is 0.806. The molecule has 80 valence electrons. The molecule has 0 aliphatic heterocycles. The van der Waals surface area contributed by atoms with Crippen LogP contribution in [0.25, 0.3) is 5.57 Å². The highest BCUT2D eigenvalue weighted by Gasteiger charge is 2.18. The Balaban J connectivity index is 2.49. The van der Waals surface area contributed by atoms with Gasteiger partial charge in [-0.1, -0.05) is 6.08 Å². The third-order valence-corrected chi connectivity index (χ3v) is 2.75. The second-order valence-electron chi connectivity index (χ2n) is 3.61. The smallest absolute Gasteiger partial charge is 0.165 e. The summed E-state index contributed by atoms with van der Waals surface area (Å²) >= 11 is 0. The van der Waals surface area contributed by atoms with Crippen LogP contribution in [0.1, 0.15) is 17.5 Å². The minimum atomic E-state index is -0.287. The summed E-state index contributed by atoms with van der Waals surface area (Å²) in [5, 5.41) is 0. The van der Waals surface area contributed by atoms with E-state index in [0.717, 1.165) is 24.0 Å². The average molecular weight is 207 g/mol. The van der Waals surface area contributed by atoms with Crippen molar-refractivity contribution >= 4 is 5.57 Å². The van der Waals surface area contributed by atoms with Crippen molar-refractivity contribution in [2.75, 3.05) is 13.7 Å². The zero-order valence-corrected chi connectivity index (χ0v) is 8.72. The predicted octanol–water partition coefficient (Wildman–Crippen LogP) is 2.12. The van der Waals surface area contributed by atoms with E-state index in [1.54, 1.807) is 12.1 Å². The van der Waals surface area contributed by atoms with E-state index in [1.807, 2.05) is 6.08 Å². The topological polar surface area (TPSA) is 35.2 Å². The summed E-state index contributed by atoms with van der Waals surface area (Å²) in [6.07, 6.45) is 3.82. The minimum absolute atomic E-state index is 0.287. The van der Waals surface area contributed by atoms with Crippen molar-refractivity contribution in [2.24, 2.45) is 5.73 Å². The normalized spacial score (nSPS) is 16.9. The lowest BCUT2D eigenvalue weighted by Gasteiger charge is -2.06. The largest absolute Gasteiger partial charge is 0.494 e. The first kappa shape index (κ1) is 10.2. The highest BCUT2D eigenvalue weighted by atomic mass is 19.1. The highest BCUT2D eigenvalue weighted by Crippen LogP contribution is 2.35. The van der Waals surface area contributed by atoms with Crippen LogP contribution >= 0.6 is 0 Å². The number of halogens is 1. The van der Waals surface area contributed by atoms with E-state index in [2.05, 4.69) is 0 Å². The maximum absolute atomic E-state index is 13.4.